The lowest BCUT2D eigenvalue weighted by molar-refractivity contribution is 0.252. The van der Waals surface area contributed by atoms with Crippen molar-refractivity contribution in [3.63, 3.8) is 0 Å². The highest BCUT2D eigenvalue weighted by atomic mass is 16.2. The van der Waals surface area contributed by atoms with Crippen LogP contribution < -0.4 is 16.4 Å². The molecule has 0 fully saturated rings. The maximum absolute atomic E-state index is 11.3. The van der Waals surface area contributed by atoms with E-state index in [0.717, 1.165) is 5.69 Å². The van der Waals surface area contributed by atoms with Crippen LogP contribution in [0.1, 0.15) is 6.42 Å². The predicted octanol–water partition coefficient (Wildman–Crippen LogP) is 1.13. The molecule has 5 nitrogen and oxygen atoms in total. The number of carbonyl (C=O) groups is 1. The first kappa shape index (κ1) is 11.0. The molecule has 0 aromatic heterocycles. The van der Waals surface area contributed by atoms with Gasteiger partial charge in [0.1, 0.15) is 0 Å². The molecule has 1 rings (SSSR count). The number of amides is 2. The average molecular weight is 206 g/mol. The van der Waals surface area contributed by atoms with Gasteiger partial charge < -0.3 is 16.4 Å². The van der Waals surface area contributed by atoms with Crippen molar-refractivity contribution in [3.8, 4) is 0 Å². The van der Waals surface area contributed by atoms with Crippen LogP contribution in [0.4, 0.5) is 10.5 Å². The third kappa shape index (κ3) is 4.66. The predicted molar refractivity (Wildman–Crippen MR) is 60.0 cm³/mol. The molecule has 0 saturated carbocycles. The fourth-order valence-electron chi connectivity index (χ4n) is 1.01. The number of rotatable bonds is 4. The van der Waals surface area contributed by atoms with Crippen LogP contribution in [0, 0.1) is 5.41 Å². The molecule has 0 bridgehead atoms. The number of urea groups is 1. The van der Waals surface area contributed by atoms with Gasteiger partial charge in [-0.3, -0.25) is 5.41 Å². The maximum atomic E-state index is 11.3. The van der Waals surface area contributed by atoms with Crippen LogP contribution in [0.3, 0.4) is 0 Å². The summed E-state index contributed by atoms with van der Waals surface area (Å²) in [5, 5.41) is 12.2. The molecule has 0 aliphatic carbocycles. The van der Waals surface area contributed by atoms with E-state index >= 15 is 0 Å². The van der Waals surface area contributed by atoms with Crippen LogP contribution in [0.5, 0.6) is 0 Å². The van der Waals surface area contributed by atoms with Crippen LogP contribution >= 0.6 is 0 Å². The summed E-state index contributed by atoms with van der Waals surface area (Å²) in [6.07, 6.45) is 0.363. The summed E-state index contributed by atoms with van der Waals surface area (Å²) < 4.78 is 0. The Morgan fingerprint density at radius 2 is 2.00 bits per heavy atom. The molecule has 2 amide bonds. The monoisotopic (exact) mass is 206 g/mol. The van der Waals surface area contributed by atoms with E-state index in [9.17, 15) is 4.79 Å². The van der Waals surface area contributed by atoms with Crippen molar-refractivity contribution >= 4 is 17.6 Å². The number of anilines is 1. The SMILES string of the molecule is N=C(N)CCNC(=O)Nc1ccccc1. The standard InChI is InChI=1S/C10H14N4O/c11-9(12)6-7-13-10(15)14-8-4-2-1-3-5-8/h1-5H,6-7H2,(H3,11,12)(H2,13,14,15). The van der Waals surface area contributed by atoms with Gasteiger partial charge in [-0.25, -0.2) is 4.79 Å². The molecular formula is C10H14N4O. The molecule has 80 valence electrons. The van der Waals surface area contributed by atoms with E-state index in [1.807, 2.05) is 18.2 Å². The second-order valence-electron chi connectivity index (χ2n) is 3.02. The second kappa shape index (κ2) is 5.64. The minimum Gasteiger partial charge on any atom is -0.388 e. The normalized spacial score (nSPS) is 9.33. The van der Waals surface area contributed by atoms with Gasteiger partial charge in [0.05, 0.1) is 5.84 Å². The third-order valence-electron chi connectivity index (χ3n) is 1.71. The van der Waals surface area contributed by atoms with E-state index in [0.29, 0.717) is 13.0 Å². The van der Waals surface area contributed by atoms with Crippen LogP contribution in [0.15, 0.2) is 30.3 Å². The van der Waals surface area contributed by atoms with Crippen molar-refractivity contribution in [2.24, 2.45) is 5.73 Å². The summed E-state index contributed by atoms with van der Waals surface area (Å²) in [4.78, 5) is 11.3. The van der Waals surface area contributed by atoms with Gasteiger partial charge in [0.15, 0.2) is 0 Å². The number of benzene rings is 1. The number of amidine groups is 1. The summed E-state index contributed by atoms with van der Waals surface area (Å²) >= 11 is 0. The Kier molecular flexibility index (Phi) is 4.15. The summed E-state index contributed by atoms with van der Waals surface area (Å²) in [6, 6.07) is 8.85. The van der Waals surface area contributed by atoms with Crippen molar-refractivity contribution in [2.45, 2.75) is 6.42 Å². The van der Waals surface area contributed by atoms with Crippen molar-refractivity contribution in [3.05, 3.63) is 30.3 Å². The molecular weight excluding hydrogens is 192 g/mol. The van der Waals surface area contributed by atoms with Gasteiger partial charge in [-0.05, 0) is 12.1 Å². The topological polar surface area (TPSA) is 91.0 Å². The molecule has 5 N–H and O–H groups in total. The van der Waals surface area contributed by atoms with Gasteiger partial charge in [0.25, 0.3) is 0 Å². The molecule has 1 aromatic carbocycles. The molecule has 0 spiro atoms. The summed E-state index contributed by atoms with van der Waals surface area (Å²) in [6.45, 7) is 0.369. The summed E-state index contributed by atoms with van der Waals surface area (Å²) in [7, 11) is 0. The van der Waals surface area contributed by atoms with Crippen molar-refractivity contribution in [2.75, 3.05) is 11.9 Å². The highest BCUT2D eigenvalue weighted by molar-refractivity contribution is 5.89. The zero-order valence-corrected chi connectivity index (χ0v) is 8.29. The fourth-order valence-corrected chi connectivity index (χ4v) is 1.01. The van der Waals surface area contributed by atoms with E-state index in [1.54, 1.807) is 12.1 Å². The van der Waals surface area contributed by atoms with Gasteiger partial charge in [-0.15, -0.1) is 0 Å². The van der Waals surface area contributed by atoms with Gasteiger partial charge in [-0.1, -0.05) is 18.2 Å². The molecule has 0 radical (unpaired) electrons. The number of hydrogen-bond donors (Lipinski definition) is 4. The Labute approximate surface area is 88.2 Å². The molecule has 5 heteroatoms. The lowest BCUT2D eigenvalue weighted by Crippen LogP contribution is -2.31. The van der Waals surface area contributed by atoms with Crippen LogP contribution in [0.2, 0.25) is 0 Å². The first-order valence-corrected chi connectivity index (χ1v) is 4.61. The lowest BCUT2D eigenvalue weighted by Gasteiger charge is -2.06. The number of nitrogens with one attached hydrogen (secondary N) is 3. The Morgan fingerprint density at radius 3 is 2.60 bits per heavy atom. The van der Waals surface area contributed by atoms with Crippen molar-refractivity contribution in [1.82, 2.24) is 5.32 Å². The minimum absolute atomic E-state index is 0.0648. The molecule has 0 unspecified atom stereocenters. The van der Waals surface area contributed by atoms with Crippen molar-refractivity contribution < 1.29 is 4.79 Å². The first-order chi connectivity index (χ1) is 7.18. The molecule has 0 aliphatic heterocycles. The molecule has 1 aromatic rings. The highest BCUT2D eigenvalue weighted by Crippen LogP contribution is 2.03. The van der Waals surface area contributed by atoms with E-state index in [4.69, 9.17) is 11.1 Å². The highest BCUT2D eigenvalue weighted by Gasteiger charge is 1.99. The van der Waals surface area contributed by atoms with E-state index < -0.39 is 0 Å². The number of nitrogens with two attached hydrogens (primary N) is 1. The Hall–Kier alpha value is -2.04. The Balaban J connectivity index is 2.28. The van der Waals surface area contributed by atoms with Crippen LogP contribution in [-0.4, -0.2) is 18.4 Å². The Bertz CT molecular complexity index is 337. The van der Waals surface area contributed by atoms with Gasteiger partial charge in [0, 0.05) is 18.7 Å². The smallest absolute Gasteiger partial charge is 0.319 e. The first-order valence-electron chi connectivity index (χ1n) is 4.61. The van der Waals surface area contributed by atoms with Crippen LogP contribution in [-0.2, 0) is 0 Å². The van der Waals surface area contributed by atoms with E-state index in [-0.39, 0.29) is 11.9 Å². The average Bonchev–Trinajstić information content (AvgIpc) is 2.18. The third-order valence-corrected chi connectivity index (χ3v) is 1.71. The second-order valence-corrected chi connectivity index (χ2v) is 3.02. The molecule has 0 heterocycles. The summed E-state index contributed by atoms with van der Waals surface area (Å²) in [5.41, 5.74) is 5.88. The molecule has 0 aliphatic rings. The van der Waals surface area contributed by atoms with Gasteiger partial charge in [-0.2, -0.15) is 0 Å². The zero-order valence-electron chi connectivity index (χ0n) is 8.29. The van der Waals surface area contributed by atoms with Crippen LogP contribution in [0.25, 0.3) is 0 Å². The minimum atomic E-state index is -0.289. The summed E-state index contributed by atoms with van der Waals surface area (Å²) in [5.74, 6) is 0.0648. The number of para-hydroxylation sites is 1. The number of hydrogen-bond acceptors (Lipinski definition) is 2. The molecule has 15 heavy (non-hydrogen) atoms. The van der Waals surface area contributed by atoms with Crippen molar-refractivity contribution in [1.29, 1.82) is 5.41 Å². The number of carbonyl (C=O) groups excluding carboxylic acids is 1. The maximum Gasteiger partial charge on any atom is 0.319 e. The van der Waals surface area contributed by atoms with E-state index in [2.05, 4.69) is 10.6 Å². The van der Waals surface area contributed by atoms with E-state index in [1.165, 1.54) is 0 Å². The zero-order chi connectivity index (χ0) is 11.1. The lowest BCUT2D eigenvalue weighted by atomic mass is 10.3. The van der Waals surface area contributed by atoms with Gasteiger partial charge in [0.2, 0.25) is 0 Å². The van der Waals surface area contributed by atoms with Gasteiger partial charge >= 0.3 is 6.03 Å². The quantitative estimate of drug-likeness (QED) is 0.439. The molecule has 0 atom stereocenters. The molecule has 0 saturated heterocycles. The largest absolute Gasteiger partial charge is 0.388 e. The fraction of sp³-hybridized carbons (Fsp3) is 0.200. The Morgan fingerprint density at radius 1 is 1.33 bits per heavy atom.